The highest BCUT2D eigenvalue weighted by atomic mass is 16.5. The van der Waals surface area contributed by atoms with E-state index >= 15 is 0 Å². The monoisotopic (exact) mass is 246 g/mol. The highest BCUT2D eigenvalue weighted by molar-refractivity contribution is 5.98. The number of carbonyl (C=O) groups is 1. The molecule has 1 aromatic rings. The second-order valence-electron chi connectivity index (χ2n) is 5.11. The zero-order valence-corrected chi connectivity index (χ0v) is 10.6. The molecule has 1 aliphatic heterocycles. The average Bonchev–Trinajstić information content (AvgIpc) is 2.50. The maximum absolute atomic E-state index is 12.0. The molecular formula is C14H18N2O2. The maximum atomic E-state index is 12.0. The van der Waals surface area contributed by atoms with Gasteiger partial charge >= 0.3 is 0 Å². The van der Waals surface area contributed by atoms with E-state index in [1.807, 2.05) is 0 Å². The van der Waals surface area contributed by atoms with Crippen LogP contribution in [0.4, 0.5) is 5.69 Å². The predicted molar refractivity (Wildman–Crippen MR) is 70.0 cm³/mol. The first-order chi connectivity index (χ1) is 8.66. The SMILES string of the molecule is CN1C(=O)[C@@H](N)COc2cc3c(cc21)CCCC3. The molecule has 0 saturated carbocycles. The maximum Gasteiger partial charge on any atom is 0.247 e. The van der Waals surface area contributed by atoms with E-state index in [9.17, 15) is 4.79 Å². The van der Waals surface area contributed by atoms with Crippen molar-refractivity contribution in [2.75, 3.05) is 18.6 Å². The summed E-state index contributed by atoms with van der Waals surface area (Å²) in [5.41, 5.74) is 9.34. The van der Waals surface area contributed by atoms with Crippen molar-refractivity contribution < 1.29 is 9.53 Å². The second-order valence-corrected chi connectivity index (χ2v) is 5.11. The third kappa shape index (κ3) is 1.77. The first kappa shape index (κ1) is 11.5. The summed E-state index contributed by atoms with van der Waals surface area (Å²) in [6, 6.07) is 3.62. The standard InChI is InChI=1S/C14H18N2O2/c1-16-12-6-9-4-2-3-5-10(9)7-13(12)18-8-11(15)14(16)17/h6-7,11H,2-5,8,15H2,1H3/t11-/m0/s1. The van der Waals surface area contributed by atoms with E-state index in [0.717, 1.165) is 24.3 Å². The van der Waals surface area contributed by atoms with Crippen LogP contribution in [0, 0.1) is 0 Å². The van der Waals surface area contributed by atoms with E-state index in [1.165, 1.54) is 24.0 Å². The molecule has 18 heavy (non-hydrogen) atoms. The van der Waals surface area contributed by atoms with Crippen LogP contribution in [-0.4, -0.2) is 25.6 Å². The first-order valence-electron chi connectivity index (χ1n) is 6.48. The number of ether oxygens (including phenoxy) is 1. The summed E-state index contributed by atoms with van der Waals surface area (Å²) in [5.74, 6) is 0.712. The lowest BCUT2D eigenvalue weighted by atomic mass is 9.91. The minimum Gasteiger partial charge on any atom is -0.489 e. The summed E-state index contributed by atoms with van der Waals surface area (Å²) in [6.07, 6.45) is 4.66. The van der Waals surface area contributed by atoms with Crippen LogP contribution in [0.2, 0.25) is 0 Å². The summed E-state index contributed by atoms with van der Waals surface area (Å²) in [4.78, 5) is 13.6. The van der Waals surface area contributed by atoms with Crippen LogP contribution in [0.15, 0.2) is 12.1 Å². The zero-order chi connectivity index (χ0) is 12.7. The molecule has 4 nitrogen and oxygen atoms in total. The normalized spacial score (nSPS) is 22.9. The summed E-state index contributed by atoms with van der Waals surface area (Å²) in [5, 5.41) is 0. The number of nitrogens with two attached hydrogens (primary N) is 1. The summed E-state index contributed by atoms with van der Waals surface area (Å²) in [6.45, 7) is 0.259. The van der Waals surface area contributed by atoms with E-state index in [4.69, 9.17) is 10.5 Å². The number of benzene rings is 1. The lowest BCUT2D eigenvalue weighted by Gasteiger charge is -2.22. The Kier molecular flexibility index (Phi) is 2.74. The molecule has 1 amide bonds. The number of nitrogens with zero attached hydrogens (tertiary/aromatic N) is 1. The Hall–Kier alpha value is -1.55. The molecule has 1 atom stereocenters. The molecule has 0 unspecified atom stereocenters. The quantitative estimate of drug-likeness (QED) is 0.749. The van der Waals surface area contributed by atoms with Crippen LogP contribution in [-0.2, 0) is 17.6 Å². The Morgan fingerprint density at radius 2 is 1.94 bits per heavy atom. The lowest BCUT2D eigenvalue weighted by molar-refractivity contribution is -0.119. The molecule has 4 heteroatoms. The number of amides is 1. The molecule has 0 spiro atoms. The van der Waals surface area contributed by atoms with Gasteiger partial charge in [0.25, 0.3) is 0 Å². The Morgan fingerprint density at radius 1 is 1.28 bits per heavy atom. The van der Waals surface area contributed by atoms with Crippen LogP contribution in [0.25, 0.3) is 0 Å². The van der Waals surface area contributed by atoms with Gasteiger partial charge in [-0.1, -0.05) is 0 Å². The molecule has 1 aromatic carbocycles. The van der Waals surface area contributed by atoms with E-state index in [-0.39, 0.29) is 12.5 Å². The Morgan fingerprint density at radius 3 is 2.67 bits per heavy atom. The van der Waals surface area contributed by atoms with Crippen molar-refractivity contribution in [3.8, 4) is 5.75 Å². The van der Waals surface area contributed by atoms with E-state index < -0.39 is 6.04 Å². The number of fused-ring (bicyclic) bond motifs is 2. The lowest BCUT2D eigenvalue weighted by Crippen LogP contribution is -2.43. The van der Waals surface area contributed by atoms with Gasteiger partial charge < -0.3 is 15.4 Å². The van der Waals surface area contributed by atoms with Gasteiger partial charge in [0.15, 0.2) is 0 Å². The fourth-order valence-electron chi connectivity index (χ4n) is 2.75. The van der Waals surface area contributed by atoms with Gasteiger partial charge in [-0.25, -0.2) is 0 Å². The highest BCUT2D eigenvalue weighted by Gasteiger charge is 2.27. The van der Waals surface area contributed by atoms with Crippen LogP contribution in [0.3, 0.4) is 0 Å². The van der Waals surface area contributed by atoms with Gasteiger partial charge in [0.05, 0.1) is 5.69 Å². The van der Waals surface area contributed by atoms with Crippen LogP contribution < -0.4 is 15.4 Å². The Labute approximate surface area is 107 Å². The molecular weight excluding hydrogens is 228 g/mol. The number of aryl methyl sites for hydroxylation is 2. The predicted octanol–water partition coefficient (Wildman–Crippen LogP) is 1.25. The third-order valence-electron chi connectivity index (χ3n) is 3.85. The molecule has 1 heterocycles. The Balaban J connectivity index is 2.08. The number of hydrogen-bond acceptors (Lipinski definition) is 3. The Bertz CT molecular complexity index is 499. The molecule has 0 saturated heterocycles. The van der Waals surface area contributed by atoms with Crippen molar-refractivity contribution in [3.05, 3.63) is 23.3 Å². The van der Waals surface area contributed by atoms with Crippen molar-refractivity contribution in [2.45, 2.75) is 31.7 Å². The second kappa shape index (κ2) is 4.28. The molecule has 0 fully saturated rings. The topological polar surface area (TPSA) is 55.6 Å². The first-order valence-corrected chi connectivity index (χ1v) is 6.48. The van der Waals surface area contributed by atoms with Crippen molar-refractivity contribution in [1.29, 1.82) is 0 Å². The van der Waals surface area contributed by atoms with Gasteiger partial charge in [-0.05, 0) is 48.9 Å². The molecule has 1 aliphatic carbocycles. The fourth-order valence-corrected chi connectivity index (χ4v) is 2.75. The van der Waals surface area contributed by atoms with Gasteiger partial charge in [-0.3, -0.25) is 4.79 Å². The van der Waals surface area contributed by atoms with Crippen molar-refractivity contribution in [2.24, 2.45) is 5.73 Å². The number of carbonyl (C=O) groups excluding carboxylic acids is 1. The minimum atomic E-state index is -0.570. The van der Waals surface area contributed by atoms with Gasteiger partial charge in [0, 0.05) is 7.05 Å². The molecule has 0 aromatic heterocycles. The van der Waals surface area contributed by atoms with Crippen LogP contribution >= 0.6 is 0 Å². The zero-order valence-electron chi connectivity index (χ0n) is 10.6. The minimum absolute atomic E-state index is 0.0792. The van der Waals surface area contributed by atoms with Crippen LogP contribution in [0.1, 0.15) is 24.0 Å². The molecule has 0 radical (unpaired) electrons. The van der Waals surface area contributed by atoms with Gasteiger partial charge in [-0.15, -0.1) is 0 Å². The smallest absolute Gasteiger partial charge is 0.247 e. The highest BCUT2D eigenvalue weighted by Crippen LogP contribution is 2.36. The summed E-state index contributed by atoms with van der Waals surface area (Å²) < 4.78 is 5.68. The molecule has 3 rings (SSSR count). The van der Waals surface area contributed by atoms with E-state index in [1.54, 1.807) is 11.9 Å². The van der Waals surface area contributed by atoms with Crippen molar-refractivity contribution in [3.63, 3.8) is 0 Å². The van der Waals surface area contributed by atoms with Gasteiger partial charge in [-0.2, -0.15) is 0 Å². The number of likely N-dealkylation sites (N-methyl/N-ethyl adjacent to an activating group) is 1. The van der Waals surface area contributed by atoms with Crippen molar-refractivity contribution >= 4 is 11.6 Å². The summed E-state index contributed by atoms with van der Waals surface area (Å²) >= 11 is 0. The molecule has 2 aliphatic rings. The number of anilines is 1. The third-order valence-corrected chi connectivity index (χ3v) is 3.85. The average molecular weight is 246 g/mol. The summed E-state index contributed by atoms with van der Waals surface area (Å²) in [7, 11) is 1.77. The molecule has 0 bridgehead atoms. The van der Waals surface area contributed by atoms with Crippen molar-refractivity contribution in [1.82, 2.24) is 0 Å². The fraction of sp³-hybridized carbons (Fsp3) is 0.500. The van der Waals surface area contributed by atoms with E-state index in [0.29, 0.717) is 0 Å². The largest absolute Gasteiger partial charge is 0.489 e. The number of hydrogen-bond donors (Lipinski definition) is 1. The van der Waals surface area contributed by atoms with Gasteiger partial charge in [0.2, 0.25) is 5.91 Å². The number of rotatable bonds is 0. The molecule has 2 N–H and O–H groups in total. The van der Waals surface area contributed by atoms with Crippen LogP contribution in [0.5, 0.6) is 5.75 Å². The molecule has 96 valence electrons. The van der Waals surface area contributed by atoms with Gasteiger partial charge in [0.1, 0.15) is 18.4 Å². The van der Waals surface area contributed by atoms with E-state index in [2.05, 4.69) is 12.1 Å².